The number of carbonyl (C=O) groups excluding carboxylic acids is 6. The molecule has 8 aliphatic rings. The number of esters is 2. The summed E-state index contributed by atoms with van der Waals surface area (Å²) < 4.78 is 15.7. The second-order valence-electron chi connectivity index (χ2n) is 24.6. The lowest BCUT2D eigenvalue weighted by atomic mass is 9.46. The maximum atomic E-state index is 13.7. The van der Waals surface area contributed by atoms with E-state index in [-0.39, 0.29) is 87.6 Å². The van der Waals surface area contributed by atoms with Gasteiger partial charge in [-0.05, 0) is 124 Å². The van der Waals surface area contributed by atoms with Crippen LogP contribution in [0.5, 0.6) is 0 Å². The van der Waals surface area contributed by atoms with Gasteiger partial charge in [0.25, 0.3) is 0 Å². The number of amides is 4. The van der Waals surface area contributed by atoms with E-state index in [1.165, 1.54) is 9.36 Å². The molecule has 6 saturated carbocycles. The molecule has 0 saturated heterocycles. The number of hydrogen-bond donors (Lipinski definition) is 4. The third-order valence-corrected chi connectivity index (χ3v) is 21.8. The quantitative estimate of drug-likeness (QED) is 0.0510. The fourth-order valence-electron chi connectivity index (χ4n) is 16.5. The van der Waals surface area contributed by atoms with Gasteiger partial charge in [-0.1, -0.05) is 126 Å². The molecule has 6 aliphatic carbocycles. The van der Waals surface area contributed by atoms with Crippen molar-refractivity contribution in [1.29, 1.82) is 0 Å². The summed E-state index contributed by atoms with van der Waals surface area (Å²) in [5.41, 5.74) is -5.96. The van der Waals surface area contributed by atoms with Crippen LogP contribution in [0.1, 0.15) is 100 Å². The first-order chi connectivity index (χ1) is 40.4. The molecular weight excluding hydrogens is 1240 g/mol. The van der Waals surface area contributed by atoms with E-state index in [0.717, 1.165) is 27.0 Å². The number of allylic oxidation sites excluding steroid dienone is 4. The van der Waals surface area contributed by atoms with Crippen LogP contribution >= 0.6 is 57.0 Å². The van der Waals surface area contributed by atoms with Gasteiger partial charge in [-0.2, -0.15) is 0 Å². The summed E-state index contributed by atoms with van der Waals surface area (Å²) in [4.78, 5) is 102. The summed E-state index contributed by atoms with van der Waals surface area (Å²) in [7, 11) is 7.94. The van der Waals surface area contributed by atoms with Gasteiger partial charge in [-0.15, -0.1) is 50.0 Å². The molecule has 6 fully saturated rings. The highest BCUT2D eigenvalue weighted by Crippen LogP contribution is 2.72. The zero-order chi connectivity index (χ0) is 63.4. The van der Waals surface area contributed by atoms with Crippen LogP contribution in [0.3, 0.4) is 0 Å². The largest absolute Gasteiger partial charge is 0.461 e. The Morgan fingerprint density at radius 3 is 1.59 bits per heavy atom. The molecule has 4 N–H and O–H groups in total. The highest BCUT2D eigenvalue weighted by Gasteiger charge is 2.80. The number of ketones is 2. The van der Waals surface area contributed by atoms with Crippen LogP contribution in [0.15, 0.2) is 117 Å². The van der Waals surface area contributed by atoms with Crippen LogP contribution in [-0.2, 0) is 41.7 Å². The number of fused-ring (bicyclic) bond motifs is 1. The van der Waals surface area contributed by atoms with Crippen LogP contribution in [0.4, 0.5) is 15.3 Å². The number of aromatic nitrogens is 3. The number of hydrogen-bond acceptors (Lipinski definition) is 14. The highest BCUT2D eigenvalue weighted by atomic mass is 35.5. The second-order valence-corrected chi connectivity index (χ2v) is 36.8. The van der Waals surface area contributed by atoms with Gasteiger partial charge in [0.1, 0.15) is 47.4 Å². The lowest BCUT2D eigenvalue weighted by Crippen LogP contribution is -2.69. The first-order valence-electron chi connectivity index (χ1n) is 28.7. The molecule has 1 aromatic heterocycles. The molecular formula is C61H82Cl2N6O14P4. The van der Waals surface area contributed by atoms with Crippen LogP contribution in [-0.4, -0.2) is 117 Å². The lowest BCUT2D eigenvalue weighted by molar-refractivity contribution is -0.234. The Morgan fingerprint density at radius 2 is 1.14 bits per heavy atom. The number of nitrogens with zero attached hydrogens (tertiary/aromatic N) is 6. The molecule has 3 unspecified atom stereocenters. The van der Waals surface area contributed by atoms with E-state index in [1.54, 1.807) is 67.6 Å². The lowest BCUT2D eigenvalue weighted by Gasteiger charge is -2.60. The zero-order valence-electron chi connectivity index (χ0n) is 49.1. The molecule has 2 aliphatic heterocycles. The average Bonchev–Trinajstić information content (AvgIpc) is 1.55. The first kappa shape index (κ1) is 70.0. The maximum absolute atomic E-state index is 13.7. The zero-order valence-corrected chi connectivity index (χ0v) is 55.0. The monoisotopic (exact) mass is 1320 g/mol. The predicted octanol–water partition coefficient (Wildman–Crippen LogP) is 9.73. The fourth-order valence-corrected chi connectivity index (χ4v) is 16.6. The van der Waals surface area contributed by atoms with Gasteiger partial charge >= 0.3 is 35.4 Å². The molecule has 3 heterocycles. The SMILES string of the molecule is C.C=CC(=C)[C@@H]1C[C@@H](OC(=O)CCl)[C@]2(C)[C@H](C)CC[C@]3(C[C@H](O)C(=O)[C@]32O)[C@H]1C.C[C@@H]1CC[C@@]23C[C@H](O)C(=O)[C@@]2(O)[C@]1(C)[C@H](OC(=O)CCl)C[C@@H](C1=CCn2c(=O)n(-c4ccccc4)c(=O)n2C1)[C@@H]3C.O=C1N=NC(=O)N1c1ccccc1.PP(P)P. The molecule has 2 aromatic carbocycles. The summed E-state index contributed by atoms with van der Waals surface area (Å²) in [6.45, 7) is 20.0. The van der Waals surface area contributed by atoms with E-state index in [4.69, 9.17) is 32.7 Å². The van der Waals surface area contributed by atoms with Crippen molar-refractivity contribution in [3.63, 3.8) is 0 Å². The molecule has 20 nitrogen and oxygen atoms in total. The number of carbonyl (C=O) groups is 6. The molecule has 4 bridgehead atoms. The molecule has 0 spiro atoms. The normalized spacial score (nSPS) is 36.0. The van der Waals surface area contributed by atoms with Gasteiger partial charge in [0.05, 0.1) is 24.5 Å². The number of aliphatic hydroxyl groups excluding tert-OH is 2. The molecule has 3 aromatic rings. The number of urea groups is 2. The van der Waals surface area contributed by atoms with Gasteiger partial charge in [0, 0.05) is 21.7 Å². The minimum Gasteiger partial charge on any atom is -0.461 e. The topological polar surface area (TPSA) is 279 Å². The van der Waals surface area contributed by atoms with Gasteiger partial charge in [0.2, 0.25) is 0 Å². The molecule has 26 heteroatoms. The first-order valence-corrected chi connectivity index (χ1v) is 36.0. The third kappa shape index (κ3) is 11.3. The molecule has 474 valence electrons. The Bertz CT molecular complexity index is 3350. The van der Waals surface area contributed by atoms with Crippen LogP contribution in [0.25, 0.3) is 5.69 Å². The highest BCUT2D eigenvalue weighted by molar-refractivity contribution is 8.65. The smallest absolute Gasteiger partial charge is 0.375 e. The van der Waals surface area contributed by atoms with Gasteiger partial charge in [-0.3, -0.25) is 19.2 Å². The van der Waals surface area contributed by atoms with E-state index in [2.05, 4.69) is 50.2 Å². The number of halogens is 2. The summed E-state index contributed by atoms with van der Waals surface area (Å²) in [6.07, 6.45) is 3.14. The fraction of sp³-hybridized carbons (Fsp3) is 0.574. The number of imide groups is 1. The number of azo groups is 1. The van der Waals surface area contributed by atoms with Gasteiger partial charge < -0.3 is 29.9 Å². The van der Waals surface area contributed by atoms with Crippen LogP contribution in [0, 0.1) is 57.2 Å². The Morgan fingerprint density at radius 1 is 0.713 bits per heavy atom. The number of rotatable bonds is 9. The summed E-state index contributed by atoms with van der Waals surface area (Å²) in [6, 6.07) is 16.0. The van der Waals surface area contributed by atoms with Crippen molar-refractivity contribution in [1.82, 2.24) is 13.9 Å². The Balaban J connectivity index is 0.000000202. The van der Waals surface area contributed by atoms with Crippen molar-refractivity contribution in [3.05, 3.63) is 118 Å². The number of ether oxygens (including phenoxy) is 2. The summed E-state index contributed by atoms with van der Waals surface area (Å²) in [5, 5.41) is 52.5. The second kappa shape index (κ2) is 26.8. The van der Waals surface area contributed by atoms with Gasteiger partial charge in [0.15, 0.2) is 11.6 Å². The molecule has 87 heavy (non-hydrogen) atoms. The Hall–Kier alpha value is -4.44. The van der Waals surface area contributed by atoms with Crippen LogP contribution in [0.2, 0.25) is 0 Å². The summed E-state index contributed by atoms with van der Waals surface area (Å²) >= 11 is 11.6. The average molecular weight is 1320 g/mol. The van der Waals surface area contributed by atoms with Crippen LogP contribution < -0.4 is 16.3 Å². The van der Waals surface area contributed by atoms with E-state index in [1.807, 2.05) is 46.8 Å². The number of para-hydroxylation sites is 2. The van der Waals surface area contributed by atoms with E-state index >= 15 is 0 Å². The summed E-state index contributed by atoms with van der Waals surface area (Å²) in [5.74, 6) is -4.25. The number of aliphatic hydroxyl groups is 4. The standard InChI is InChI=1S/C30H36ClN3O7.C22H31ClO5.C8H5N3O2.CH4.H6P4/c1-17-9-11-29-14-22(35)25(37)30(29,40)28(17,3)23(41-24(36)15-31)13-21(18(29)2)19-10-12-32-26(38)34(27(39)33(32)16-19)20-7-5-4-6-8-20;1-6-12(2)15-9-17(28-18(25)11-23)20(5)13(3)7-8-21(14(15)4)10-16(24)19(26)22(20,21)27;12-7-9-10-8(13)11(7)6-4-2-1-3-5-6;;1-4(2)3/h4-8,10,17-18,21-23,35,40H,9,11-16H2,1-3H3;6,13-17,24,27H,1-2,7-11H2,3-5H3;1-5H;1H4;1-3H2/t17-,18+,21-,22+,23-,28+,29+,30-;13-,14+,15+,16+,17-,20+,21+,22-;;;/m11.../s1. The van der Waals surface area contributed by atoms with Gasteiger partial charge in [-0.25, -0.2) is 38.0 Å². The molecule has 4 amide bonds. The van der Waals surface area contributed by atoms with Crippen molar-refractivity contribution in [2.45, 2.75) is 149 Å². The van der Waals surface area contributed by atoms with Crippen molar-refractivity contribution < 1.29 is 58.7 Å². The van der Waals surface area contributed by atoms with E-state index in [9.17, 15) is 58.8 Å². The third-order valence-electron chi connectivity index (χ3n) is 21.3. The Kier molecular flexibility index (Phi) is 21.6. The maximum Gasteiger partial charge on any atom is 0.375 e. The number of benzene rings is 2. The van der Waals surface area contributed by atoms with E-state index in [0.29, 0.717) is 43.5 Å². The van der Waals surface area contributed by atoms with Crippen molar-refractivity contribution in [3.8, 4) is 5.69 Å². The minimum atomic E-state index is -1.92. The molecule has 19 atom stereocenters. The Labute approximate surface area is 525 Å². The predicted molar refractivity (Wildman–Crippen MR) is 344 cm³/mol. The molecule has 0 radical (unpaired) electrons. The van der Waals surface area contributed by atoms with Crippen molar-refractivity contribution >= 4 is 98.2 Å². The molecule has 11 rings (SSSR count). The number of anilines is 1. The number of Topliss-reactive ketones (excluding diaryl/α,β-unsaturated/α-hetero) is 2. The minimum absolute atomic E-state index is 0. The van der Waals surface area contributed by atoms with Crippen molar-refractivity contribution in [2.75, 3.05) is 16.7 Å². The van der Waals surface area contributed by atoms with E-state index < -0.39 is 104 Å². The number of alkyl halides is 2. The van der Waals surface area contributed by atoms with Crippen molar-refractivity contribution in [2.24, 2.45) is 67.4 Å².